The molecule has 1 aliphatic heterocycles. The minimum atomic E-state index is 0.0244. The van der Waals surface area contributed by atoms with Crippen molar-refractivity contribution in [3.05, 3.63) is 0 Å². The first-order chi connectivity index (χ1) is 20.8. The van der Waals surface area contributed by atoms with E-state index in [4.69, 9.17) is 18.9 Å². The summed E-state index contributed by atoms with van der Waals surface area (Å²) >= 11 is 0. The molecule has 0 aromatic carbocycles. The molecule has 1 fully saturated rings. The van der Waals surface area contributed by atoms with Crippen LogP contribution >= 0.6 is 0 Å². The second-order valence-electron chi connectivity index (χ2n) is 13.1. The zero-order chi connectivity index (χ0) is 30.2. The molecule has 2 unspecified atom stereocenters. The van der Waals surface area contributed by atoms with Crippen LogP contribution < -0.4 is 0 Å². The number of hydrogen-bond donors (Lipinski definition) is 0. The summed E-state index contributed by atoms with van der Waals surface area (Å²) in [5.41, 5.74) is 0. The van der Waals surface area contributed by atoms with Crippen LogP contribution in [0.4, 0.5) is 0 Å². The Kier molecular flexibility index (Phi) is 30.5. The summed E-state index contributed by atoms with van der Waals surface area (Å²) < 4.78 is 24.2. The normalized spacial score (nSPS) is 16.8. The highest BCUT2D eigenvalue weighted by molar-refractivity contribution is 4.68. The molecule has 1 rings (SSSR count). The van der Waals surface area contributed by atoms with Crippen LogP contribution in [0.3, 0.4) is 0 Å². The molecule has 0 aliphatic carbocycles. The summed E-state index contributed by atoms with van der Waals surface area (Å²) in [6.07, 6.45) is 33.1. The lowest BCUT2D eigenvalue weighted by molar-refractivity contribution is -0.0970. The van der Waals surface area contributed by atoms with Gasteiger partial charge in [-0.1, -0.05) is 155 Å². The van der Waals surface area contributed by atoms with Crippen molar-refractivity contribution in [1.29, 1.82) is 0 Å². The first-order valence-electron chi connectivity index (χ1n) is 18.8. The van der Waals surface area contributed by atoms with Gasteiger partial charge in [-0.15, -0.1) is 0 Å². The van der Waals surface area contributed by atoms with Crippen LogP contribution in [0.2, 0.25) is 0 Å². The molecule has 5 heteroatoms. The number of hydrogen-bond acceptors (Lipinski definition) is 5. The molecule has 1 saturated heterocycles. The fourth-order valence-corrected chi connectivity index (χ4v) is 5.90. The highest BCUT2D eigenvalue weighted by atomic mass is 16.6. The molecular weight excluding hydrogens is 522 g/mol. The topological polar surface area (TPSA) is 40.2 Å². The lowest BCUT2D eigenvalue weighted by Gasteiger charge is -2.30. The van der Waals surface area contributed by atoms with Gasteiger partial charge in [0, 0.05) is 26.3 Å². The molecule has 0 bridgehead atoms. The molecule has 2 atom stereocenters. The molecule has 0 aromatic rings. The average molecular weight is 598 g/mol. The number of unbranched alkanes of at least 4 members (excludes halogenated alkanes) is 22. The summed E-state index contributed by atoms with van der Waals surface area (Å²) in [6.45, 7) is 10.9. The van der Waals surface area contributed by atoms with Gasteiger partial charge in [0.2, 0.25) is 0 Å². The highest BCUT2D eigenvalue weighted by Gasteiger charge is 2.19. The third-order valence-electron chi connectivity index (χ3n) is 8.75. The van der Waals surface area contributed by atoms with Gasteiger partial charge in [0.05, 0.1) is 32.5 Å². The Hall–Kier alpha value is -0.200. The molecule has 1 heterocycles. The van der Waals surface area contributed by atoms with Gasteiger partial charge >= 0.3 is 0 Å². The van der Waals surface area contributed by atoms with Crippen molar-refractivity contribution in [2.75, 3.05) is 59.8 Å². The van der Waals surface area contributed by atoms with E-state index in [1.165, 1.54) is 141 Å². The van der Waals surface area contributed by atoms with Gasteiger partial charge in [-0.05, 0) is 19.9 Å². The van der Waals surface area contributed by atoms with Crippen molar-refractivity contribution < 1.29 is 18.9 Å². The Morgan fingerprint density at radius 3 is 1.48 bits per heavy atom. The van der Waals surface area contributed by atoms with Gasteiger partial charge < -0.3 is 23.8 Å². The molecule has 5 nitrogen and oxygen atoms in total. The Bertz CT molecular complexity index is 520. The summed E-state index contributed by atoms with van der Waals surface area (Å²) in [7, 11) is 2.15. The molecule has 0 N–H and O–H groups in total. The number of ether oxygens (including phenoxy) is 4. The van der Waals surface area contributed by atoms with E-state index in [2.05, 4.69) is 25.8 Å². The van der Waals surface area contributed by atoms with E-state index in [9.17, 15) is 0 Å². The maximum atomic E-state index is 6.26. The van der Waals surface area contributed by atoms with E-state index >= 15 is 0 Å². The number of nitrogens with zero attached hydrogens (tertiary/aromatic N) is 1. The molecule has 0 radical (unpaired) electrons. The summed E-state index contributed by atoms with van der Waals surface area (Å²) in [5, 5.41) is 0. The van der Waals surface area contributed by atoms with Gasteiger partial charge in [-0.3, -0.25) is 0 Å². The quantitative estimate of drug-likeness (QED) is 0.0704. The SMILES string of the molecule is CCCCCCCCCCCCCCOCC(COCC1CN(C)CCO1)OCCCCCCCCCCCCCC. The number of likely N-dealkylation sites (N-methyl/N-ethyl adjacent to an activating group) is 1. The van der Waals surface area contributed by atoms with Crippen LogP contribution in [0.5, 0.6) is 0 Å². The minimum absolute atomic E-state index is 0.0244. The number of morpholine rings is 1. The highest BCUT2D eigenvalue weighted by Crippen LogP contribution is 2.14. The molecule has 0 amide bonds. The van der Waals surface area contributed by atoms with Crippen LogP contribution in [0, 0.1) is 0 Å². The third kappa shape index (κ3) is 27.4. The Labute approximate surface area is 263 Å². The molecule has 42 heavy (non-hydrogen) atoms. The first kappa shape index (κ1) is 39.8. The Morgan fingerprint density at radius 1 is 0.571 bits per heavy atom. The van der Waals surface area contributed by atoms with E-state index in [0.717, 1.165) is 45.8 Å². The van der Waals surface area contributed by atoms with Gasteiger partial charge in [-0.2, -0.15) is 0 Å². The second kappa shape index (κ2) is 32.2. The molecule has 0 aromatic heterocycles. The largest absolute Gasteiger partial charge is 0.379 e. The first-order valence-corrected chi connectivity index (χ1v) is 18.8. The van der Waals surface area contributed by atoms with E-state index < -0.39 is 0 Å². The van der Waals surface area contributed by atoms with Crippen LogP contribution in [0.15, 0.2) is 0 Å². The minimum Gasteiger partial charge on any atom is -0.379 e. The second-order valence-corrected chi connectivity index (χ2v) is 13.1. The predicted molar refractivity (Wildman–Crippen MR) is 181 cm³/mol. The van der Waals surface area contributed by atoms with Crippen molar-refractivity contribution in [3.8, 4) is 0 Å². The van der Waals surface area contributed by atoms with Crippen LogP contribution in [0.25, 0.3) is 0 Å². The standard InChI is InChI=1S/C37H75NO4/c1-4-6-8-10-12-14-16-18-20-22-24-26-29-39-34-37(35-40-33-36-32-38(3)28-31-42-36)41-30-27-25-23-21-19-17-15-13-11-9-7-5-2/h36-37H,4-35H2,1-3H3. The van der Waals surface area contributed by atoms with Crippen molar-refractivity contribution in [2.24, 2.45) is 0 Å². The van der Waals surface area contributed by atoms with Crippen molar-refractivity contribution in [2.45, 2.75) is 180 Å². The van der Waals surface area contributed by atoms with Crippen molar-refractivity contribution in [1.82, 2.24) is 4.90 Å². The lowest BCUT2D eigenvalue weighted by atomic mass is 10.1. The van der Waals surface area contributed by atoms with Crippen LogP contribution in [-0.4, -0.2) is 76.9 Å². The maximum absolute atomic E-state index is 6.26. The fraction of sp³-hybridized carbons (Fsp3) is 1.00. The molecule has 252 valence electrons. The zero-order valence-corrected chi connectivity index (χ0v) is 28.9. The summed E-state index contributed by atoms with van der Waals surface area (Å²) in [4.78, 5) is 2.32. The summed E-state index contributed by atoms with van der Waals surface area (Å²) in [5.74, 6) is 0. The van der Waals surface area contributed by atoms with Crippen molar-refractivity contribution >= 4 is 0 Å². The van der Waals surface area contributed by atoms with E-state index in [-0.39, 0.29) is 12.2 Å². The molecular formula is C37H75NO4. The van der Waals surface area contributed by atoms with E-state index in [1.54, 1.807) is 0 Å². The fourth-order valence-electron chi connectivity index (χ4n) is 5.90. The van der Waals surface area contributed by atoms with Gasteiger partial charge in [-0.25, -0.2) is 0 Å². The third-order valence-corrected chi connectivity index (χ3v) is 8.75. The Balaban J connectivity index is 2.07. The molecule has 0 spiro atoms. The number of rotatable bonds is 33. The van der Waals surface area contributed by atoms with Crippen molar-refractivity contribution in [3.63, 3.8) is 0 Å². The van der Waals surface area contributed by atoms with Gasteiger partial charge in [0.15, 0.2) is 0 Å². The van der Waals surface area contributed by atoms with Crippen LogP contribution in [0.1, 0.15) is 168 Å². The maximum Gasteiger partial charge on any atom is 0.104 e. The van der Waals surface area contributed by atoms with Crippen LogP contribution in [-0.2, 0) is 18.9 Å². The lowest BCUT2D eigenvalue weighted by Crippen LogP contribution is -2.42. The average Bonchev–Trinajstić information content (AvgIpc) is 2.99. The monoisotopic (exact) mass is 598 g/mol. The summed E-state index contributed by atoms with van der Waals surface area (Å²) in [6, 6.07) is 0. The zero-order valence-electron chi connectivity index (χ0n) is 28.9. The predicted octanol–water partition coefficient (Wildman–Crippen LogP) is 10.1. The smallest absolute Gasteiger partial charge is 0.104 e. The Morgan fingerprint density at radius 2 is 1.00 bits per heavy atom. The van der Waals surface area contributed by atoms with Gasteiger partial charge in [0.1, 0.15) is 6.10 Å². The van der Waals surface area contributed by atoms with E-state index in [0.29, 0.717) is 19.8 Å². The molecule has 1 aliphatic rings. The van der Waals surface area contributed by atoms with Gasteiger partial charge in [0.25, 0.3) is 0 Å². The molecule has 0 saturated carbocycles. The van der Waals surface area contributed by atoms with E-state index in [1.807, 2.05) is 0 Å².